The number of nitrogens with one attached hydrogen (secondary N) is 1. The lowest BCUT2D eigenvalue weighted by molar-refractivity contribution is 0.0949. The zero-order chi connectivity index (χ0) is 19.2. The summed E-state index contributed by atoms with van der Waals surface area (Å²) < 4.78 is 27.0. The van der Waals surface area contributed by atoms with Crippen LogP contribution < -0.4 is 5.32 Å². The third-order valence-corrected chi connectivity index (χ3v) is 6.86. The minimum Gasteiger partial charge on any atom is -0.351 e. The van der Waals surface area contributed by atoms with Gasteiger partial charge < -0.3 is 10.2 Å². The van der Waals surface area contributed by atoms with Gasteiger partial charge in [0.15, 0.2) is 0 Å². The van der Waals surface area contributed by atoms with Crippen LogP contribution in [0.3, 0.4) is 0 Å². The van der Waals surface area contributed by atoms with Crippen molar-refractivity contribution >= 4 is 15.9 Å². The van der Waals surface area contributed by atoms with Gasteiger partial charge in [-0.1, -0.05) is 20.8 Å². The van der Waals surface area contributed by atoms with Gasteiger partial charge in [0.2, 0.25) is 10.0 Å². The van der Waals surface area contributed by atoms with Crippen LogP contribution in [0.25, 0.3) is 0 Å². The molecular formula is C19H31N3O3S. The van der Waals surface area contributed by atoms with E-state index in [0.717, 1.165) is 32.5 Å². The quantitative estimate of drug-likeness (QED) is 0.749. The number of nitrogens with zero attached hydrogens (tertiary/aromatic N) is 2. The van der Waals surface area contributed by atoms with E-state index in [1.54, 1.807) is 16.4 Å². The largest absolute Gasteiger partial charge is 0.351 e. The summed E-state index contributed by atoms with van der Waals surface area (Å²) in [5.74, 6) is 0.210. The van der Waals surface area contributed by atoms with Crippen molar-refractivity contribution in [3.8, 4) is 0 Å². The first-order valence-corrected chi connectivity index (χ1v) is 10.9. The third kappa shape index (κ3) is 5.28. The zero-order valence-corrected chi connectivity index (χ0v) is 16.9. The molecule has 1 atom stereocenters. The van der Waals surface area contributed by atoms with Crippen molar-refractivity contribution in [2.45, 2.75) is 38.5 Å². The Bertz CT molecular complexity index is 684. The van der Waals surface area contributed by atoms with Crippen LogP contribution in [0.1, 0.15) is 44.0 Å². The van der Waals surface area contributed by atoms with Crippen LogP contribution in [0.15, 0.2) is 29.2 Å². The monoisotopic (exact) mass is 381 g/mol. The summed E-state index contributed by atoms with van der Waals surface area (Å²) in [6, 6.07) is 6.25. The van der Waals surface area contributed by atoms with Crippen LogP contribution in [0.5, 0.6) is 0 Å². The zero-order valence-electron chi connectivity index (χ0n) is 16.1. The second-order valence-corrected chi connectivity index (χ2v) is 8.86. The van der Waals surface area contributed by atoms with Crippen LogP contribution in [0, 0.1) is 5.92 Å². The molecule has 1 saturated heterocycles. The third-order valence-electron chi connectivity index (χ3n) is 4.98. The number of piperidine rings is 1. The van der Waals surface area contributed by atoms with Gasteiger partial charge in [-0.15, -0.1) is 0 Å². The summed E-state index contributed by atoms with van der Waals surface area (Å²) in [5.41, 5.74) is 0.482. The van der Waals surface area contributed by atoms with Gasteiger partial charge in [-0.3, -0.25) is 4.79 Å². The molecule has 1 N–H and O–H groups in total. The smallest absolute Gasteiger partial charge is 0.251 e. The Labute approximate surface area is 157 Å². The second-order valence-electron chi connectivity index (χ2n) is 6.92. The first-order chi connectivity index (χ1) is 12.4. The number of hydrogen-bond acceptors (Lipinski definition) is 4. The standard InChI is InChI=1S/C19H31N3O3S/c1-4-21(5-2)14-12-20-19(23)17-8-10-18(11-9-17)26(24,25)22-13-6-7-16(3)15-22/h8-11,16H,4-7,12-15H2,1-3H3,(H,20,23). The summed E-state index contributed by atoms with van der Waals surface area (Å²) in [4.78, 5) is 14.7. The highest BCUT2D eigenvalue weighted by Crippen LogP contribution is 2.23. The summed E-state index contributed by atoms with van der Waals surface area (Å²) in [5, 5.41) is 2.88. The molecular weight excluding hydrogens is 350 g/mol. The van der Waals surface area contributed by atoms with Crippen molar-refractivity contribution in [2.75, 3.05) is 39.3 Å². The van der Waals surface area contributed by atoms with E-state index in [4.69, 9.17) is 0 Å². The van der Waals surface area contributed by atoms with Crippen molar-refractivity contribution in [1.29, 1.82) is 0 Å². The molecule has 1 amide bonds. The van der Waals surface area contributed by atoms with Gasteiger partial charge >= 0.3 is 0 Å². The van der Waals surface area contributed by atoms with Gasteiger partial charge in [0.1, 0.15) is 0 Å². The highest BCUT2D eigenvalue weighted by atomic mass is 32.2. The number of likely N-dealkylation sites (N-methyl/N-ethyl adjacent to an activating group) is 1. The van der Waals surface area contributed by atoms with Gasteiger partial charge in [-0.25, -0.2) is 8.42 Å². The van der Waals surface area contributed by atoms with Crippen LogP contribution >= 0.6 is 0 Å². The molecule has 2 rings (SSSR count). The molecule has 0 spiro atoms. The average Bonchev–Trinajstić information content (AvgIpc) is 2.65. The molecule has 6 nitrogen and oxygen atoms in total. The predicted molar refractivity (Wildman–Crippen MR) is 104 cm³/mol. The maximum atomic E-state index is 12.7. The maximum Gasteiger partial charge on any atom is 0.251 e. The van der Waals surface area contributed by atoms with Crippen LogP contribution in [-0.4, -0.2) is 62.8 Å². The predicted octanol–water partition coefficient (Wildman–Crippen LogP) is 2.18. The number of carbonyl (C=O) groups excluding carboxylic acids is 1. The topological polar surface area (TPSA) is 69.7 Å². The SMILES string of the molecule is CCN(CC)CCNC(=O)c1ccc(S(=O)(=O)N2CCCC(C)C2)cc1. The fourth-order valence-corrected chi connectivity index (χ4v) is 4.86. The summed E-state index contributed by atoms with van der Waals surface area (Å²) in [6.45, 7) is 10.7. The van der Waals surface area contributed by atoms with Gasteiger partial charge in [-0.05, 0) is 56.1 Å². The van der Waals surface area contributed by atoms with Crippen LogP contribution in [0.4, 0.5) is 0 Å². The van der Waals surface area contributed by atoms with Crippen molar-refractivity contribution in [3.05, 3.63) is 29.8 Å². The summed E-state index contributed by atoms with van der Waals surface area (Å²) in [7, 11) is -3.48. The highest BCUT2D eigenvalue weighted by Gasteiger charge is 2.28. The van der Waals surface area contributed by atoms with E-state index in [1.807, 2.05) is 0 Å². The van der Waals surface area contributed by atoms with E-state index in [1.165, 1.54) is 12.1 Å². The molecule has 1 fully saturated rings. The maximum absolute atomic E-state index is 12.7. The Morgan fingerprint density at radius 2 is 1.88 bits per heavy atom. The number of sulfonamides is 1. The van der Waals surface area contributed by atoms with E-state index in [2.05, 4.69) is 31.0 Å². The lowest BCUT2D eigenvalue weighted by Crippen LogP contribution is -2.39. The molecule has 0 aromatic heterocycles. The molecule has 1 unspecified atom stereocenters. The first kappa shape index (κ1) is 20.9. The normalized spacial score (nSPS) is 18.8. The van der Waals surface area contributed by atoms with E-state index >= 15 is 0 Å². The molecule has 7 heteroatoms. The summed E-state index contributed by atoms with van der Waals surface area (Å²) in [6.07, 6.45) is 1.96. The highest BCUT2D eigenvalue weighted by molar-refractivity contribution is 7.89. The summed E-state index contributed by atoms with van der Waals surface area (Å²) >= 11 is 0. The Hall–Kier alpha value is -1.44. The minimum atomic E-state index is -3.48. The molecule has 26 heavy (non-hydrogen) atoms. The number of benzene rings is 1. The molecule has 1 aliphatic rings. The van der Waals surface area contributed by atoms with Crippen molar-refractivity contribution < 1.29 is 13.2 Å². The molecule has 1 aromatic rings. The van der Waals surface area contributed by atoms with Gasteiger partial charge in [0.25, 0.3) is 5.91 Å². The first-order valence-electron chi connectivity index (χ1n) is 9.49. The average molecular weight is 382 g/mol. The Kier molecular flexibility index (Phi) is 7.61. The number of rotatable bonds is 8. The van der Waals surface area contributed by atoms with E-state index < -0.39 is 10.0 Å². The lowest BCUT2D eigenvalue weighted by Gasteiger charge is -2.30. The molecule has 1 aromatic carbocycles. The van der Waals surface area contributed by atoms with Crippen molar-refractivity contribution in [2.24, 2.45) is 5.92 Å². The Balaban J connectivity index is 1.97. The Morgan fingerprint density at radius 1 is 1.23 bits per heavy atom. The fourth-order valence-electron chi connectivity index (χ4n) is 3.26. The van der Waals surface area contributed by atoms with E-state index in [0.29, 0.717) is 31.1 Å². The van der Waals surface area contributed by atoms with E-state index in [-0.39, 0.29) is 10.8 Å². The van der Waals surface area contributed by atoms with Gasteiger partial charge in [0.05, 0.1) is 4.90 Å². The van der Waals surface area contributed by atoms with Crippen LogP contribution in [-0.2, 0) is 10.0 Å². The second kappa shape index (κ2) is 9.48. The molecule has 1 aliphatic heterocycles. The number of amides is 1. The number of carbonyl (C=O) groups is 1. The fraction of sp³-hybridized carbons (Fsp3) is 0.632. The lowest BCUT2D eigenvalue weighted by atomic mass is 10.0. The van der Waals surface area contributed by atoms with E-state index in [9.17, 15) is 13.2 Å². The molecule has 146 valence electrons. The molecule has 0 saturated carbocycles. The molecule has 0 radical (unpaired) electrons. The molecule has 1 heterocycles. The molecule has 0 aliphatic carbocycles. The number of hydrogen-bond donors (Lipinski definition) is 1. The van der Waals surface area contributed by atoms with Gasteiger partial charge in [-0.2, -0.15) is 4.31 Å². The van der Waals surface area contributed by atoms with Crippen LogP contribution in [0.2, 0.25) is 0 Å². The molecule has 0 bridgehead atoms. The van der Waals surface area contributed by atoms with Crippen molar-refractivity contribution in [3.63, 3.8) is 0 Å². The minimum absolute atomic E-state index is 0.173. The Morgan fingerprint density at radius 3 is 2.46 bits per heavy atom. The van der Waals surface area contributed by atoms with Crippen molar-refractivity contribution in [1.82, 2.24) is 14.5 Å². The van der Waals surface area contributed by atoms with Gasteiger partial charge in [0, 0.05) is 31.7 Å².